The third-order valence-electron chi connectivity index (χ3n) is 4.46. The van der Waals surface area contributed by atoms with Crippen molar-refractivity contribution < 1.29 is 35.5 Å². The Morgan fingerprint density at radius 2 is 1.64 bits per heavy atom. The lowest BCUT2D eigenvalue weighted by Crippen LogP contribution is -2.18. The highest BCUT2D eigenvalue weighted by atomic mass is 19.4. The maximum atomic E-state index is 13.3. The Bertz CT molecular complexity index is 1200. The summed E-state index contributed by atoms with van der Waals surface area (Å²) in [6.45, 7) is -0.413. The molecule has 0 atom stereocenters. The van der Waals surface area contributed by atoms with E-state index in [0.717, 1.165) is 0 Å². The third-order valence-corrected chi connectivity index (χ3v) is 4.46. The van der Waals surface area contributed by atoms with Crippen LogP contribution in [-0.2, 0) is 18.9 Å². The summed E-state index contributed by atoms with van der Waals surface area (Å²) in [4.78, 5) is 7.36. The maximum absolute atomic E-state index is 13.3. The number of aromatic nitrogens is 2. The van der Waals surface area contributed by atoms with Crippen LogP contribution in [0.2, 0.25) is 0 Å². The fourth-order valence-electron chi connectivity index (χ4n) is 2.94. The highest BCUT2D eigenvalue weighted by Gasteiger charge is 2.41. The van der Waals surface area contributed by atoms with Crippen LogP contribution in [-0.4, -0.2) is 17.1 Å². The number of ether oxygens (including phenoxy) is 1. The minimum absolute atomic E-state index is 0.117. The third kappa shape index (κ3) is 5.31. The van der Waals surface area contributed by atoms with Gasteiger partial charge in [-0.2, -0.15) is 31.6 Å². The molecule has 172 valence electrons. The smallest absolute Gasteiger partial charge is 0.433 e. The molecule has 0 aliphatic heterocycles. The molecule has 0 amide bonds. The molecule has 2 aromatic heterocycles. The van der Waals surface area contributed by atoms with Crippen molar-refractivity contribution >= 4 is 5.82 Å². The lowest BCUT2D eigenvalue weighted by Gasteiger charge is -2.17. The summed E-state index contributed by atoms with van der Waals surface area (Å²) in [6, 6.07) is 9.27. The molecule has 0 aliphatic rings. The minimum atomic E-state index is -5.22. The van der Waals surface area contributed by atoms with E-state index in [1.807, 2.05) is 0 Å². The molecule has 1 aromatic carbocycles. The first kappa shape index (κ1) is 23.8. The van der Waals surface area contributed by atoms with Crippen molar-refractivity contribution in [3.8, 4) is 23.1 Å². The van der Waals surface area contributed by atoms with Gasteiger partial charge in [-0.3, -0.25) is 0 Å². The molecule has 0 radical (unpaired) electrons. The first-order chi connectivity index (χ1) is 15.4. The number of hydrogen-bond donors (Lipinski definition) is 1. The van der Waals surface area contributed by atoms with Gasteiger partial charge in [0.15, 0.2) is 0 Å². The number of benzene rings is 1. The number of alkyl halides is 6. The van der Waals surface area contributed by atoms with Gasteiger partial charge in [0.25, 0.3) is 0 Å². The number of nitrogens with one attached hydrogen (secondary N) is 1. The quantitative estimate of drug-likeness (QED) is 0.477. The summed E-state index contributed by atoms with van der Waals surface area (Å²) in [6.07, 6.45) is -10.4. The van der Waals surface area contributed by atoms with Crippen LogP contribution < -0.4 is 10.1 Å². The molecule has 0 unspecified atom stereocenters. The van der Waals surface area contributed by atoms with Crippen LogP contribution in [0.25, 0.3) is 11.1 Å². The SMILES string of the molecule is COc1ccc(-c2ccc(F)cc2)c(CNc2nc(C(F)(F)F)cc(C(F)(F)F)c2C#N)n1. The highest BCUT2D eigenvalue weighted by molar-refractivity contribution is 5.67. The molecule has 2 heterocycles. The van der Waals surface area contributed by atoms with Crippen molar-refractivity contribution in [3.63, 3.8) is 0 Å². The predicted molar refractivity (Wildman–Crippen MR) is 102 cm³/mol. The Morgan fingerprint density at radius 1 is 0.970 bits per heavy atom. The molecule has 3 aromatic rings. The zero-order valence-corrected chi connectivity index (χ0v) is 16.6. The molecule has 0 aliphatic carbocycles. The van der Waals surface area contributed by atoms with Gasteiger partial charge in [0.1, 0.15) is 29.0 Å². The van der Waals surface area contributed by atoms with E-state index in [0.29, 0.717) is 11.1 Å². The summed E-state index contributed by atoms with van der Waals surface area (Å²) in [5.74, 6) is -1.30. The number of rotatable bonds is 5. The Kier molecular flexibility index (Phi) is 6.44. The Labute approximate surface area is 182 Å². The Balaban J connectivity index is 2.08. The highest BCUT2D eigenvalue weighted by Crippen LogP contribution is 2.39. The first-order valence-corrected chi connectivity index (χ1v) is 9.07. The molecule has 0 bridgehead atoms. The summed E-state index contributed by atoms with van der Waals surface area (Å²) in [7, 11) is 1.31. The maximum Gasteiger partial charge on any atom is 0.433 e. The predicted octanol–water partition coefficient (Wildman–Crippen LogP) is 5.81. The topological polar surface area (TPSA) is 70.8 Å². The van der Waals surface area contributed by atoms with Gasteiger partial charge < -0.3 is 10.1 Å². The van der Waals surface area contributed by atoms with Crippen LogP contribution in [0.15, 0.2) is 42.5 Å². The average molecular weight is 470 g/mol. The van der Waals surface area contributed by atoms with Gasteiger partial charge in [-0.1, -0.05) is 12.1 Å². The summed E-state index contributed by atoms with van der Waals surface area (Å²) >= 11 is 0. The van der Waals surface area contributed by atoms with Gasteiger partial charge >= 0.3 is 12.4 Å². The van der Waals surface area contributed by atoms with Crippen LogP contribution in [0.4, 0.5) is 36.6 Å². The van der Waals surface area contributed by atoms with E-state index in [-0.39, 0.29) is 17.6 Å². The average Bonchev–Trinajstić information content (AvgIpc) is 2.76. The van der Waals surface area contributed by atoms with Crippen LogP contribution in [0, 0.1) is 17.1 Å². The number of hydrogen-bond acceptors (Lipinski definition) is 5. The van der Waals surface area contributed by atoms with Crippen molar-refractivity contribution in [1.29, 1.82) is 5.26 Å². The normalized spacial score (nSPS) is 11.7. The standard InChI is InChI=1S/C21H13F7N4O/c1-33-18-7-6-13(11-2-4-12(22)5-3-11)16(31-18)10-30-19-14(9-29)15(20(23,24)25)8-17(32-19)21(26,27)28/h2-8H,10H2,1H3,(H,30,32). The largest absolute Gasteiger partial charge is 0.481 e. The molecular formula is C21H13F7N4O. The van der Waals surface area contributed by atoms with Crippen molar-refractivity contribution in [3.05, 3.63) is 70.8 Å². The second kappa shape index (κ2) is 8.93. The lowest BCUT2D eigenvalue weighted by molar-refractivity contribution is -0.145. The van der Waals surface area contributed by atoms with Crippen molar-refractivity contribution in [1.82, 2.24) is 9.97 Å². The summed E-state index contributed by atoms with van der Waals surface area (Å²) in [5.41, 5.74) is -3.64. The van der Waals surface area contributed by atoms with E-state index in [4.69, 9.17) is 4.74 Å². The fraction of sp³-hybridized carbons (Fsp3) is 0.190. The van der Waals surface area contributed by atoms with Crippen molar-refractivity contribution in [2.75, 3.05) is 12.4 Å². The summed E-state index contributed by atoms with van der Waals surface area (Å²) in [5, 5.41) is 11.6. The number of methoxy groups -OCH3 is 1. The van der Waals surface area contributed by atoms with E-state index in [2.05, 4.69) is 15.3 Å². The molecular weight excluding hydrogens is 457 g/mol. The van der Waals surface area contributed by atoms with Gasteiger partial charge in [0.2, 0.25) is 5.88 Å². The van der Waals surface area contributed by atoms with E-state index in [9.17, 15) is 36.0 Å². The molecule has 12 heteroatoms. The molecule has 5 nitrogen and oxygen atoms in total. The zero-order chi connectivity index (χ0) is 24.4. The number of halogens is 7. The molecule has 0 saturated heterocycles. The second-order valence-corrected chi connectivity index (χ2v) is 6.59. The molecule has 1 N–H and O–H groups in total. The van der Waals surface area contributed by atoms with Crippen molar-refractivity contribution in [2.24, 2.45) is 0 Å². The number of nitrogens with zero attached hydrogens (tertiary/aromatic N) is 3. The molecule has 3 rings (SSSR count). The summed E-state index contributed by atoms with van der Waals surface area (Å²) < 4.78 is 97.7. The Hall–Kier alpha value is -3.88. The van der Waals surface area contributed by atoms with Gasteiger partial charge in [-0.15, -0.1) is 0 Å². The Morgan fingerprint density at radius 3 is 2.18 bits per heavy atom. The van der Waals surface area contributed by atoms with Gasteiger partial charge in [-0.05, 0) is 29.8 Å². The van der Waals surface area contributed by atoms with E-state index in [1.165, 1.54) is 43.5 Å². The van der Waals surface area contributed by atoms with Gasteiger partial charge in [-0.25, -0.2) is 14.4 Å². The minimum Gasteiger partial charge on any atom is -0.481 e. The molecule has 0 spiro atoms. The van der Waals surface area contributed by atoms with Crippen LogP contribution in [0.5, 0.6) is 5.88 Å². The second-order valence-electron chi connectivity index (χ2n) is 6.59. The van der Waals surface area contributed by atoms with Crippen LogP contribution in [0.1, 0.15) is 22.5 Å². The molecule has 0 saturated carbocycles. The number of pyridine rings is 2. The zero-order valence-electron chi connectivity index (χ0n) is 16.6. The van der Waals surface area contributed by atoms with E-state index >= 15 is 0 Å². The fourth-order valence-corrected chi connectivity index (χ4v) is 2.94. The first-order valence-electron chi connectivity index (χ1n) is 9.07. The van der Waals surface area contributed by atoms with E-state index < -0.39 is 47.4 Å². The van der Waals surface area contributed by atoms with E-state index in [1.54, 1.807) is 6.07 Å². The monoisotopic (exact) mass is 470 g/mol. The molecule has 33 heavy (non-hydrogen) atoms. The number of anilines is 1. The van der Waals surface area contributed by atoms with Crippen molar-refractivity contribution in [2.45, 2.75) is 18.9 Å². The van der Waals surface area contributed by atoms with Gasteiger partial charge in [0.05, 0.1) is 24.9 Å². The van der Waals surface area contributed by atoms with Gasteiger partial charge in [0, 0.05) is 11.6 Å². The van der Waals surface area contributed by atoms with Crippen LogP contribution in [0.3, 0.4) is 0 Å². The molecule has 0 fully saturated rings. The lowest BCUT2D eigenvalue weighted by atomic mass is 10.0. The number of nitriles is 1. The van der Waals surface area contributed by atoms with Crippen LogP contribution >= 0.6 is 0 Å².